The molecule has 3 rings (SSSR count). The minimum Gasteiger partial charge on any atom is -0.249 e. The van der Waals surface area contributed by atoms with Crippen LogP contribution in [0, 0.1) is 0 Å². The van der Waals surface area contributed by atoms with E-state index in [4.69, 9.17) is 0 Å². The molecular formula is C19H24N2O2S2. The third-order valence-corrected chi connectivity index (χ3v) is 7.22. The summed E-state index contributed by atoms with van der Waals surface area (Å²) in [6.45, 7) is 1.24. The normalized spacial score (nSPS) is 16.5. The van der Waals surface area contributed by atoms with E-state index in [1.807, 2.05) is 24.3 Å². The molecule has 134 valence electrons. The van der Waals surface area contributed by atoms with E-state index in [9.17, 15) is 8.42 Å². The minimum absolute atomic E-state index is 0.307. The van der Waals surface area contributed by atoms with Crippen molar-refractivity contribution in [3.05, 3.63) is 54.2 Å². The van der Waals surface area contributed by atoms with Crippen molar-refractivity contribution in [1.82, 2.24) is 9.29 Å². The Bertz CT molecular complexity index is 754. The number of sulfonamides is 1. The van der Waals surface area contributed by atoms with E-state index < -0.39 is 10.0 Å². The Hall–Kier alpha value is -1.37. The van der Waals surface area contributed by atoms with Crippen molar-refractivity contribution in [2.75, 3.05) is 18.8 Å². The number of benzene rings is 1. The van der Waals surface area contributed by atoms with Crippen LogP contribution in [-0.4, -0.2) is 36.5 Å². The monoisotopic (exact) mass is 376 g/mol. The van der Waals surface area contributed by atoms with Gasteiger partial charge >= 0.3 is 0 Å². The molecule has 0 radical (unpaired) electrons. The molecule has 0 spiro atoms. The first kappa shape index (κ1) is 18.4. The van der Waals surface area contributed by atoms with Crippen LogP contribution < -0.4 is 0 Å². The predicted octanol–water partition coefficient (Wildman–Crippen LogP) is 3.98. The molecular weight excluding hydrogens is 352 g/mol. The summed E-state index contributed by atoms with van der Waals surface area (Å²) in [5.41, 5.74) is 1.30. The van der Waals surface area contributed by atoms with E-state index in [0.29, 0.717) is 18.0 Å². The standard InChI is InChI=1S/C19H24N2O2S2/c22-25(23,21-13-6-1-2-7-14-21)18-10-11-19(20-16-18)24-15-12-17-8-4-3-5-9-17/h3-5,8-11,16H,1-2,6-7,12-15H2. The molecule has 25 heavy (non-hydrogen) atoms. The molecule has 1 saturated heterocycles. The second kappa shape index (κ2) is 8.83. The third-order valence-electron chi connectivity index (χ3n) is 4.40. The molecule has 1 aliphatic heterocycles. The molecule has 0 aliphatic carbocycles. The number of nitrogens with zero attached hydrogens (tertiary/aromatic N) is 2. The lowest BCUT2D eigenvalue weighted by atomic mass is 10.2. The summed E-state index contributed by atoms with van der Waals surface area (Å²) < 4.78 is 27.1. The van der Waals surface area contributed by atoms with Gasteiger partial charge in [-0.1, -0.05) is 43.2 Å². The van der Waals surface area contributed by atoms with Crippen LogP contribution in [0.15, 0.2) is 58.6 Å². The second-order valence-corrected chi connectivity index (χ2v) is 9.29. The van der Waals surface area contributed by atoms with Gasteiger partial charge in [-0.3, -0.25) is 0 Å². The highest BCUT2D eigenvalue weighted by Crippen LogP contribution is 2.22. The third kappa shape index (κ3) is 5.06. The van der Waals surface area contributed by atoms with Gasteiger partial charge in [-0.15, -0.1) is 11.8 Å². The van der Waals surface area contributed by atoms with E-state index in [1.165, 1.54) is 11.8 Å². The number of hydrogen-bond acceptors (Lipinski definition) is 4. The summed E-state index contributed by atoms with van der Waals surface area (Å²) in [5, 5.41) is 0.866. The lowest BCUT2D eigenvalue weighted by molar-refractivity contribution is 0.423. The van der Waals surface area contributed by atoms with E-state index in [0.717, 1.165) is 42.9 Å². The highest BCUT2D eigenvalue weighted by atomic mass is 32.2. The van der Waals surface area contributed by atoms with Gasteiger partial charge in [0.05, 0.1) is 5.03 Å². The molecule has 0 N–H and O–H groups in total. The average molecular weight is 377 g/mol. The van der Waals surface area contributed by atoms with Crippen LogP contribution in [0.2, 0.25) is 0 Å². The molecule has 6 heteroatoms. The zero-order valence-electron chi connectivity index (χ0n) is 14.3. The lowest BCUT2D eigenvalue weighted by Crippen LogP contribution is -2.32. The quantitative estimate of drug-likeness (QED) is 0.716. The van der Waals surface area contributed by atoms with E-state index >= 15 is 0 Å². The summed E-state index contributed by atoms with van der Waals surface area (Å²) in [6, 6.07) is 13.8. The van der Waals surface area contributed by atoms with Crippen molar-refractivity contribution >= 4 is 21.8 Å². The molecule has 2 heterocycles. The Morgan fingerprint density at radius 2 is 1.68 bits per heavy atom. The number of hydrogen-bond donors (Lipinski definition) is 0. The summed E-state index contributed by atoms with van der Waals surface area (Å²) in [5.74, 6) is 0.926. The minimum atomic E-state index is -3.40. The molecule has 2 aromatic rings. The van der Waals surface area contributed by atoms with Crippen molar-refractivity contribution in [2.24, 2.45) is 0 Å². The first-order valence-corrected chi connectivity index (χ1v) is 11.2. The fourth-order valence-electron chi connectivity index (χ4n) is 2.95. The van der Waals surface area contributed by atoms with Crippen LogP contribution in [0.25, 0.3) is 0 Å². The number of aryl methyl sites for hydroxylation is 1. The van der Waals surface area contributed by atoms with Gasteiger partial charge in [0.25, 0.3) is 0 Å². The highest BCUT2D eigenvalue weighted by molar-refractivity contribution is 7.99. The summed E-state index contributed by atoms with van der Waals surface area (Å²) in [7, 11) is -3.40. The smallest absolute Gasteiger partial charge is 0.244 e. The van der Waals surface area contributed by atoms with Crippen LogP contribution in [0.1, 0.15) is 31.2 Å². The van der Waals surface area contributed by atoms with Gasteiger partial charge in [-0.2, -0.15) is 4.31 Å². The number of thioether (sulfide) groups is 1. The molecule has 0 amide bonds. The maximum Gasteiger partial charge on any atom is 0.244 e. The van der Waals surface area contributed by atoms with Gasteiger partial charge in [-0.05, 0) is 37.0 Å². The Morgan fingerprint density at radius 3 is 2.32 bits per heavy atom. The van der Waals surface area contributed by atoms with Gasteiger partial charge in [0.1, 0.15) is 4.90 Å². The Kier molecular flexibility index (Phi) is 6.51. The first-order valence-electron chi connectivity index (χ1n) is 8.79. The van der Waals surface area contributed by atoms with Crippen LogP contribution in [0.3, 0.4) is 0 Å². The predicted molar refractivity (Wildman–Crippen MR) is 102 cm³/mol. The average Bonchev–Trinajstić information content (AvgIpc) is 2.93. The SMILES string of the molecule is O=S(=O)(c1ccc(SCCc2ccccc2)nc1)N1CCCCCC1. The van der Waals surface area contributed by atoms with Gasteiger partial charge in [0, 0.05) is 25.0 Å². The molecule has 1 aromatic carbocycles. The van der Waals surface area contributed by atoms with Gasteiger partial charge in [0.2, 0.25) is 10.0 Å². The topological polar surface area (TPSA) is 50.3 Å². The number of rotatable bonds is 6. The van der Waals surface area contributed by atoms with Crippen molar-refractivity contribution in [3.63, 3.8) is 0 Å². The van der Waals surface area contributed by atoms with Crippen LogP contribution >= 0.6 is 11.8 Å². The van der Waals surface area contributed by atoms with Crippen molar-refractivity contribution in [3.8, 4) is 0 Å². The maximum absolute atomic E-state index is 12.7. The van der Waals surface area contributed by atoms with Crippen LogP contribution in [-0.2, 0) is 16.4 Å². The molecule has 0 unspecified atom stereocenters. The molecule has 1 aliphatic rings. The van der Waals surface area contributed by atoms with Crippen LogP contribution in [0.5, 0.6) is 0 Å². The fraction of sp³-hybridized carbons (Fsp3) is 0.421. The first-order chi connectivity index (χ1) is 12.2. The lowest BCUT2D eigenvalue weighted by Gasteiger charge is -2.19. The molecule has 4 nitrogen and oxygen atoms in total. The van der Waals surface area contributed by atoms with Crippen LogP contribution in [0.4, 0.5) is 0 Å². The van der Waals surface area contributed by atoms with E-state index in [1.54, 1.807) is 22.1 Å². The van der Waals surface area contributed by atoms with Crippen molar-refractivity contribution in [2.45, 2.75) is 42.0 Å². The summed E-state index contributed by atoms with van der Waals surface area (Å²) in [4.78, 5) is 4.66. The molecule has 0 saturated carbocycles. The van der Waals surface area contributed by atoms with Crippen molar-refractivity contribution < 1.29 is 8.42 Å². The molecule has 0 atom stereocenters. The molecule has 1 fully saturated rings. The molecule has 1 aromatic heterocycles. The summed E-state index contributed by atoms with van der Waals surface area (Å²) in [6.07, 6.45) is 6.59. The van der Waals surface area contributed by atoms with Gasteiger partial charge in [-0.25, -0.2) is 13.4 Å². The van der Waals surface area contributed by atoms with Gasteiger partial charge < -0.3 is 0 Å². The van der Waals surface area contributed by atoms with E-state index in [-0.39, 0.29) is 0 Å². The largest absolute Gasteiger partial charge is 0.249 e. The van der Waals surface area contributed by atoms with Gasteiger partial charge in [0.15, 0.2) is 0 Å². The Morgan fingerprint density at radius 1 is 0.960 bits per heavy atom. The molecule has 0 bridgehead atoms. The zero-order chi connectivity index (χ0) is 17.5. The van der Waals surface area contributed by atoms with Crippen molar-refractivity contribution in [1.29, 1.82) is 0 Å². The van der Waals surface area contributed by atoms with E-state index in [2.05, 4.69) is 17.1 Å². The number of pyridine rings is 1. The Labute approximate surface area is 154 Å². The highest BCUT2D eigenvalue weighted by Gasteiger charge is 2.25. The summed E-state index contributed by atoms with van der Waals surface area (Å²) >= 11 is 1.65. The maximum atomic E-state index is 12.7. The fourth-order valence-corrected chi connectivity index (χ4v) is 5.26. The number of aromatic nitrogens is 1. The zero-order valence-corrected chi connectivity index (χ0v) is 15.9. The second-order valence-electron chi connectivity index (χ2n) is 6.23. The Balaban J connectivity index is 1.59.